The summed E-state index contributed by atoms with van der Waals surface area (Å²) in [6.07, 6.45) is 0. The average molecular weight is 266 g/mol. The first-order valence-electron chi connectivity index (χ1n) is 5.41. The monoisotopic (exact) mass is 266 g/mol. The van der Waals surface area contributed by atoms with E-state index in [4.69, 9.17) is 4.74 Å². The molecule has 0 fully saturated rings. The van der Waals surface area contributed by atoms with Crippen LogP contribution in [0, 0.1) is 17.5 Å². The normalized spacial score (nSPS) is 10.3. The Morgan fingerprint density at radius 1 is 1.05 bits per heavy atom. The second kappa shape index (κ2) is 5.14. The van der Waals surface area contributed by atoms with Gasteiger partial charge in [0.05, 0.1) is 5.56 Å². The Kier molecular flexibility index (Phi) is 3.55. The van der Waals surface area contributed by atoms with Crippen molar-refractivity contribution in [2.75, 3.05) is 0 Å². The first kappa shape index (κ1) is 13.1. The van der Waals surface area contributed by atoms with Crippen LogP contribution in [0.4, 0.5) is 13.2 Å². The van der Waals surface area contributed by atoms with E-state index in [9.17, 15) is 18.0 Å². The van der Waals surface area contributed by atoms with E-state index >= 15 is 0 Å². The van der Waals surface area contributed by atoms with Crippen molar-refractivity contribution in [2.45, 2.75) is 6.92 Å². The fraction of sp³-hybridized carbons (Fsp3) is 0.0714. The maximum absolute atomic E-state index is 13.6. The van der Waals surface area contributed by atoms with E-state index in [2.05, 4.69) is 0 Å². The third-order valence-electron chi connectivity index (χ3n) is 2.45. The lowest BCUT2D eigenvalue weighted by atomic mass is 10.1. The van der Waals surface area contributed by atoms with Crippen molar-refractivity contribution < 1.29 is 22.7 Å². The fourth-order valence-electron chi connectivity index (χ4n) is 1.56. The molecule has 2 aromatic carbocycles. The molecule has 0 atom stereocenters. The highest BCUT2D eigenvalue weighted by atomic mass is 19.1. The molecule has 0 heterocycles. The Bertz CT molecular complexity index is 639. The smallest absolute Gasteiger partial charge is 0.173 e. The molecule has 0 N–H and O–H groups in total. The van der Waals surface area contributed by atoms with Crippen molar-refractivity contribution in [3.05, 3.63) is 59.4 Å². The molecule has 0 aliphatic carbocycles. The summed E-state index contributed by atoms with van der Waals surface area (Å²) in [4.78, 5) is 11.3. The van der Waals surface area contributed by atoms with Crippen LogP contribution in [0.25, 0.3) is 0 Å². The summed E-state index contributed by atoms with van der Waals surface area (Å²) in [5, 5.41) is 0. The van der Waals surface area contributed by atoms with Gasteiger partial charge in [-0.1, -0.05) is 6.07 Å². The van der Waals surface area contributed by atoms with Crippen molar-refractivity contribution in [1.82, 2.24) is 0 Å². The largest absolute Gasteiger partial charge is 0.450 e. The molecule has 0 aliphatic heterocycles. The summed E-state index contributed by atoms with van der Waals surface area (Å²) < 4.78 is 44.9. The average Bonchev–Trinajstić information content (AvgIpc) is 2.34. The number of Topliss-reactive ketones (excluding diaryl/α,β-unsaturated/α-hetero) is 1. The summed E-state index contributed by atoms with van der Waals surface area (Å²) in [5.41, 5.74) is -0.0104. The first-order chi connectivity index (χ1) is 8.99. The minimum absolute atomic E-state index is 0.0104. The zero-order valence-electron chi connectivity index (χ0n) is 9.91. The minimum atomic E-state index is -0.974. The van der Waals surface area contributed by atoms with Gasteiger partial charge < -0.3 is 4.74 Å². The number of ether oxygens (including phenoxy) is 1. The van der Waals surface area contributed by atoms with E-state index in [-0.39, 0.29) is 17.1 Å². The third-order valence-corrected chi connectivity index (χ3v) is 2.45. The van der Waals surface area contributed by atoms with Gasteiger partial charge in [-0.15, -0.1) is 0 Å². The Hall–Kier alpha value is -2.30. The van der Waals surface area contributed by atoms with Crippen LogP contribution in [0.3, 0.4) is 0 Å². The van der Waals surface area contributed by atoms with Crippen molar-refractivity contribution in [3.8, 4) is 11.5 Å². The van der Waals surface area contributed by atoms with Crippen molar-refractivity contribution in [2.24, 2.45) is 0 Å². The lowest BCUT2D eigenvalue weighted by molar-refractivity contribution is 0.101. The van der Waals surface area contributed by atoms with E-state index in [1.165, 1.54) is 19.1 Å². The molecule has 0 aromatic heterocycles. The Balaban J connectivity index is 2.46. The molecule has 5 heteroatoms. The van der Waals surface area contributed by atoms with Gasteiger partial charge in [0.25, 0.3) is 0 Å². The van der Waals surface area contributed by atoms with Gasteiger partial charge in [0, 0.05) is 6.07 Å². The van der Waals surface area contributed by atoms with Gasteiger partial charge in [0.2, 0.25) is 0 Å². The number of carbonyl (C=O) groups excluding carboxylic acids is 1. The predicted molar refractivity (Wildman–Crippen MR) is 62.8 cm³/mol. The number of hydrogen-bond donors (Lipinski definition) is 0. The quantitative estimate of drug-likeness (QED) is 0.782. The molecule has 0 saturated heterocycles. The molecular weight excluding hydrogens is 257 g/mol. The molecule has 2 rings (SSSR count). The summed E-state index contributed by atoms with van der Waals surface area (Å²) in [6, 6.07) is 6.42. The molecule has 0 unspecified atom stereocenters. The van der Waals surface area contributed by atoms with Crippen LogP contribution in [0.2, 0.25) is 0 Å². The lowest BCUT2D eigenvalue weighted by Gasteiger charge is -2.10. The molecule has 0 spiro atoms. The Morgan fingerprint density at radius 3 is 2.42 bits per heavy atom. The van der Waals surface area contributed by atoms with Gasteiger partial charge in [0.1, 0.15) is 5.82 Å². The Morgan fingerprint density at radius 2 is 1.79 bits per heavy atom. The maximum atomic E-state index is 13.6. The number of carbonyl (C=O) groups is 1. The van der Waals surface area contributed by atoms with Crippen LogP contribution in [0.1, 0.15) is 17.3 Å². The second-order valence-electron chi connectivity index (χ2n) is 3.85. The number of halogens is 3. The summed E-state index contributed by atoms with van der Waals surface area (Å²) in [6.45, 7) is 1.24. The molecule has 0 bridgehead atoms. The molecule has 19 heavy (non-hydrogen) atoms. The summed E-state index contributed by atoms with van der Waals surface area (Å²) in [5.74, 6) is -3.69. The van der Waals surface area contributed by atoms with Crippen LogP contribution in [-0.4, -0.2) is 5.78 Å². The molecule has 2 aromatic rings. The highest BCUT2D eigenvalue weighted by molar-refractivity contribution is 5.96. The summed E-state index contributed by atoms with van der Waals surface area (Å²) >= 11 is 0. The molecule has 0 saturated carbocycles. The first-order valence-corrected chi connectivity index (χ1v) is 5.41. The molecular formula is C14H9F3O2. The van der Waals surface area contributed by atoms with Gasteiger partial charge >= 0.3 is 0 Å². The van der Waals surface area contributed by atoms with E-state index in [1.54, 1.807) is 0 Å². The zero-order valence-corrected chi connectivity index (χ0v) is 9.91. The van der Waals surface area contributed by atoms with Gasteiger partial charge in [0.15, 0.2) is 28.9 Å². The lowest BCUT2D eigenvalue weighted by Crippen LogP contribution is -2.00. The van der Waals surface area contributed by atoms with Crippen LogP contribution >= 0.6 is 0 Å². The number of para-hydroxylation sites is 1. The molecule has 0 aliphatic rings. The highest BCUT2D eigenvalue weighted by Gasteiger charge is 2.16. The standard InChI is InChI=1S/C14H9F3O2/c1-8(18)10-3-2-4-11(16)14(10)19-13-6-5-9(15)7-12(13)17/h2-7H,1H3. The predicted octanol–water partition coefficient (Wildman–Crippen LogP) is 4.10. The Labute approximate surface area is 107 Å². The van der Waals surface area contributed by atoms with E-state index < -0.39 is 23.2 Å². The van der Waals surface area contributed by atoms with Gasteiger partial charge in [-0.3, -0.25) is 4.79 Å². The second-order valence-corrected chi connectivity index (χ2v) is 3.85. The van der Waals surface area contributed by atoms with Gasteiger partial charge in [-0.2, -0.15) is 0 Å². The molecule has 98 valence electrons. The van der Waals surface area contributed by atoms with Crippen LogP contribution in [-0.2, 0) is 0 Å². The molecule has 0 radical (unpaired) electrons. The zero-order chi connectivity index (χ0) is 14.0. The van der Waals surface area contributed by atoms with Crippen molar-refractivity contribution in [1.29, 1.82) is 0 Å². The third kappa shape index (κ3) is 2.76. The van der Waals surface area contributed by atoms with Crippen LogP contribution < -0.4 is 4.74 Å². The SMILES string of the molecule is CC(=O)c1cccc(F)c1Oc1ccc(F)cc1F. The maximum Gasteiger partial charge on any atom is 0.173 e. The fourth-order valence-corrected chi connectivity index (χ4v) is 1.56. The molecule has 2 nitrogen and oxygen atoms in total. The van der Waals surface area contributed by atoms with Crippen molar-refractivity contribution >= 4 is 5.78 Å². The number of rotatable bonds is 3. The highest BCUT2D eigenvalue weighted by Crippen LogP contribution is 2.30. The number of benzene rings is 2. The number of hydrogen-bond acceptors (Lipinski definition) is 2. The molecule has 0 amide bonds. The van der Waals surface area contributed by atoms with Gasteiger partial charge in [-0.05, 0) is 31.2 Å². The van der Waals surface area contributed by atoms with E-state index in [0.29, 0.717) is 6.07 Å². The van der Waals surface area contributed by atoms with Crippen LogP contribution in [0.15, 0.2) is 36.4 Å². The van der Waals surface area contributed by atoms with E-state index in [0.717, 1.165) is 18.2 Å². The number of ketones is 1. The topological polar surface area (TPSA) is 26.3 Å². The summed E-state index contributed by atoms with van der Waals surface area (Å²) in [7, 11) is 0. The van der Waals surface area contributed by atoms with Gasteiger partial charge in [-0.25, -0.2) is 13.2 Å². The van der Waals surface area contributed by atoms with E-state index in [1.807, 2.05) is 0 Å². The van der Waals surface area contributed by atoms with Crippen LogP contribution in [0.5, 0.6) is 11.5 Å². The minimum Gasteiger partial charge on any atom is -0.450 e. The van der Waals surface area contributed by atoms with Crippen molar-refractivity contribution in [3.63, 3.8) is 0 Å².